The number of hydrogen-bond acceptors (Lipinski definition) is 5. The number of nitrogens with two attached hydrogens (primary N) is 1. The van der Waals surface area contributed by atoms with Gasteiger partial charge in [-0.15, -0.1) is 0 Å². The lowest BCUT2D eigenvalue weighted by atomic mass is 10.00. The van der Waals surface area contributed by atoms with Crippen molar-refractivity contribution in [3.63, 3.8) is 0 Å². The Labute approximate surface area is 183 Å². The first-order valence-electron chi connectivity index (χ1n) is 10.0. The monoisotopic (exact) mass is 429 g/mol. The average Bonchev–Trinajstić information content (AvgIpc) is 3.35. The second-order valence-electron chi connectivity index (χ2n) is 7.70. The number of ether oxygens (including phenoxy) is 1. The summed E-state index contributed by atoms with van der Waals surface area (Å²) in [5.41, 5.74) is 10.3. The van der Waals surface area contributed by atoms with E-state index >= 15 is 0 Å². The minimum absolute atomic E-state index is 0.199. The zero-order chi connectivity index (χ0) is 22.4. The second kappa shape index (κ2) is 7.49. The molecular weight excluding hydrogens is 409 g/mol. The van der Waals surface area contributed by atoms with Crippen LogP contribution in [0.25, 0.3) is 22.0 Å². The van der Waals surface area contributed by atoms with E-state index in [0.717, 1.165) is 22.2 Å². The number of nitrogens with zero attached hydrogens (tertiary/aromatic N) is 4. The molecule has 1 atom stereocenters. The van der Waals surface area contributed by atoms with Crippen LogP contribution in [0.4, 0.5) is 10.1 Å². The quantitative estimate of drug-likeness (QED) is 0.531. The molecule has 0 saturated heterocycles. The molecule has 0 fully saturated rings. The van der Waals surface area contributed by atoms with E-state index in [1.165, 1.54) is 18.4 Å². The predicted molar refractivity (Wildman–Crippen MR) is 119 cm³/mol. The topological polar surface area (TPSA) is 86.3 Å². The van der Waals surface area contributed by atoms with Gasteiger partial charge in [-0.25, -0.2) is 4.39 Å². The fourth-order valence-electron chi connectivity index (χ4n) is 4.02. The number of aromatic nitrogens is 3. The summed E-state index contributed by atoms with van der Waals surface area (Å²) >= 11 is 0. The Balaban J connectivity index is 1.77. The number of primary amides is 1. The zero-order valence-electron chi connectivity index (χ0n) is 17.5. The Hall–Kier alpha value is -4.20. The molecule has 1 amide bonds. The molecular formula is C24H20FN5O2. The number of carbonyl (C=O) groups is 1. The van der Waals surface area contributed by atoms with Gasteiger partial charge in [0.15, 0.2) is 0 Å². The van der Waals surface area contributed by atoms with Crippen molar-refractivity contribution in [2.75, 3.05) is 4.90 Å². The van der Waals surface area contributed by atoms with Gasteiger partial charge in [-0.1, -0.05) is 12.1 Å². The lowest BCUT2D eigenvalue weighted by Crippen LogP contribution is -2.31. The molecule has 0 bridgehead atoms. The number of carbonyl (C=O) groups excluding carboxylic acids is 1. The molecule has 1 unspecified atom stereocenters. The molecule has 8 heteroatoms. The SMILES string of the molecule is Cc1cc(C2OC=C(C(N)=O)N2c2cc3cn(C)nc3cc2-c2cccc(F)c2)ccn1. The Morgan fingerprint density at radius 3 is 2.78 bits per heavy atom. The van der Waals surface area contributed by atoms with Crippen molar-refractivity contribution in [3.05, 3.63) is 90.0 Å². The van der Waals surface area contributed by atoms with Crippen molar-refractivity contribution < 1.29 is 13.9 Å². The summed E-state index contributed by atoms with van der Waals surface area (Å²) in [6.45, 7) is 1.88. The van der Waals surface area contributed by atoms with Gasteiger partial charge in [-0.05, 0) is 48.9 Å². The number of anilines is 1. The summed E-state index contributed by atoms with van der Waals surface area (Å²) in [6.07, 6.45) is 4.29. The Morgan fingerprint density at radius 1 is 1.19 bits per heavy atom. The van der Waals surface area contributed by atoms with Gasteiger partial charge in [0.1, 0.15) is 17.8 Å². The fourth-order valence-corrected chi connectivity index (χ4v) is 4.02. The van der Waals surface area contributed by atoms with Crippen LogP contribution < -0.4 is 10.6 Å². The van der Waals surface area contributed by atoms with E-state index in [1.807, 2.05) is 50.5 Å². The van der Waals surface area contributed by atoms with Gasteiger partial charge in [0, 0.05) is 41.6 Å². The van der Waals surface area contributed by atoms with Crippen molar-refractivity contribution in [2.24, 2.45) is 12.8 Å². The van der Waals surface area contributed by atoms with Gasteiger partial charge >= 0.3 is 0 Å². The summed E-state index contributed by atoms with van der Waals surface area (Å²) in [6, 6.07) is 13.8. The zero-order valence-corrected chi connectivity index (χ0v) is 17.5. The van der Waals surface area contributed by atoms with Crippen LogP contribution in [0.2, 0.25) is 0 Å². The molecule has 1 aliphatic rings. The molecule has 3 heterocycles. The summed E-state index contributed by atoms with van der Waals surface area (Å²) in [7, 11) is 1.83. The summed E-state index contributed by atoms with van der Waals surface area (Å²) in [5, 5.41) is 5.35. The van der Waals surface area contributed by atoms with Crippen LogP contribution in [0.5, 0.6) is 0 Å². The third-order valence-electron chi connectivity index (χ3n) is 5.39. The number of halogens is 1. The molecule has 7 nitrogen and oxygen atoms in total. The minimum atomic E-state index is -0.638. The smallest absolute Gasteiger partial charge is 0.268 e. The first-order valence-corrected chi connectivity index (χ1v) is 10.0. The Bertz CT molecular complexity index is 1390. The van der Waals surface area contributed by atoms with Gasteiger partial charge in [0.05, 0.1) is 11.2 Å². The number of rotatable bonds is 4. The normalized spacial score (nSPS) is 15.7. The summed E-state index contributed by atoms with van der Waals surface area (Å²) in [5.74, 6) is -0.992. The van der Waals surface area contributed by atoms with Crippen molar-refractivity contribution in [2.45, 2.75) is 13.2 Å². The van der Waals surface area contributed by atoms with E-state index in [9.17, 15) is 9.18 Å². The highest BCUT2D eigenvalue weighted by Gasteiger charge is 2.35. The van der Waals surface area contributed by atoms with Crippen molar-refractivity contribution in [3.8, 4) is 11.1 Å². The van der Waals surface area contributed by atoms with Crippen LogP contribution in [0.3, 0.4) is 0 Å². The molecule has 2 aromatic heterocycles. The van der Waals surface area contributed by atoms with Gasteiger partial charge in [-0.2, -0.15) is 5.10 Å². The Morgan fingerprint density at radius 2 is 2.03 bits per heavy atom. The number of aryl methyl sites for hydroxylation is 2. The average molecular weight is 429 g/mol. The van der Waals surface area contributed by atoms with Crippen molar-refractivity contribution in [1.29, 1.82) is 0 Å². The number of hydrogen-bond donors (Lipinski definition) is 1. The van der Waals surface area contributed by atoms with Crippen LogP contribution in [-0.4, -0.2) is 20.7 Å². The van der Waals surface area contributed by atoms with Gasteiger partial charge in [0.2, 0.25) is 6.23 Å². The van der Waals surface area contributed by atoms with Crippen LogP contribution >= 0.6 is 0 Å². The first-order chi connectivity index (χ1) is 15.4. The van der Waals surface area contributed by atoms with Crippen LogP contribution in [-0.2, 0) is 16.6 Å². The van der Waals surface area contributed by atoms with E-state index < -0.39 is 12.1 Å². The largest absolute Gasteiger partial charge is 0.471 e. The minimum Gasteiger partial charge on any atom is -0.471 e. The molecule has 4 aromatic rings. The highest BCUT2D eigenvalue weighted by atomic mass is 19.1. The molecule has 2 aromatic carbocycles. The van der Waals surface area contributed by atoms with Crippen molar-refractivity contribution >= 4 is 22.5 Å². The number of benzene rings is 2. The van der Waals surface area contributed by atoms with E-state index in [2.05, 4.69) is 10.1 Å². The lowest BCUT2D eigenvalue weighted by molar-refractivity contribution is -0.114. The second-order valence-corrected chi connectivity index (χ2v) is 7.70. The maximum Gasteiger partial charge on any atom is 0.268 e. The molecule has 0 aliphatic carbocycles. The first kappa shape index (κ1) is 19.7. The van der Waals surface area contributed by atoms with Gasteiger partial charge in [0.25, 0.3) is 5.91 Å². The van der Waals surface area contributed by atoms with E-state index in [1.54, 1.807) is 21.8 Å². The molecule has 0 saturated carbocycles. The third kappa shape index (κ3) is 3.35. The highest BCUT2D eigenvalue weighted by Crippen LogP contribution is 2.43. The fraction of sp³-hybridized carbons (Fsp3) is 0.125. The molecule has 0 radical (unpaired) electrons. The highest BCUT2D eigenvalue weighted by molar-refractivity contribution is 6.00. The van der Waals surface area contributed by atoms with Gasteiger partial charge < -0.3 is 10.5 Å². The van der Waals surface area contributed by atoms with E-state index in [0.29, 0.717) is 16.8 Å². The van der Waals surface area contributed by atoms with Crippen LogP contribution in [0.1, 0.15) is 17.5 Å². The van der Waals surface area contributed by atoms with Gasteiger partial charge in [-0.3, -0.25) is 19.4 Å². The standard InChI is InChI=1S/C24H20FN5O2/c1-14-8-16(6-7-27-14)24-30(22(13-32-24)23(26)31)21-10-17-12-29(2)28-20(17)11-19(21)15-4-3-5-18(25)9-15/h3-13,24H,1-2H3,(H2,26,31). The Kier molecular flexibility index (Phi) is 4.62. The number of amides is 1. The molecule has 2 N–H and O–H groups in total. The summed E-state index contributed by atoms with van der Waals surface area (Å²) < 4.78 is 21.7. The molecule has 5 rings (SSSR count). The molecule has 160 valence electrons. The predicted octanol–water partition coefficient (Wildman–Crippen LogP) is 3.94. The van der Waals surface area contributed by atoms with Crippen LogP contribution in [0.15, 0.2) is 72.9 Å². The number of fused-ring (bicyclic) bond motifs is 1. The molecule has 0 spiro atoms. The third-order valence-corrected chi connectivity index (χ3v) is 5.39. The summed E-state index contributed by atoms with van der Waals surface area (Å²) in [4.78, 5) is 18.3. The van der Waals surface area contributed by atoms with E-state index in [4.69, 9.17) is 10.5 Å². The molecule has 32 heavy (non-hydrogen) atoms. The number of pyridine rings is 1. The van der Waals surface area contributed by atoms with Crippen LogP contribution in [0, 0.1) is 12.7 Å². The maximum atomic E-state index is 14.1. The molecule has 1 aliphatic heterocycles. The van der Waals surface area contributed by atoms with Crippen molar-refractivity contribution in [1.82, 2.24) is 14.8 Å². The lowest BCUT2D eigenvalue weighted by Gasteiger charge is -2.29. The maximum absolute atomic E-state index is 14.1. The van der Waals surface area contributed by atoms with E-state index in [-0.39, 0.29) is 11.5 Å².